The number of phenolic OH excluding ortho intramolecular Hbond substituents is 1. The van der Waals surface area contributed by atoms with Crippen LogP contribution in [0, 0.1) is 6.92 Å². The van der Waals surface area contributed by atoms with Crippen LogP contribution in [-0.2, 0) is 0 Å². The summed E-state index contributed by atoms with van der Waals surface area (Å²) in [6.45, 7) is 2.10. The molecule has 1 heterocycles. The van der Waals surface area contributed by atoms with Crippen LogP contribution in [-0.4, -0.2) is 10.1 Å². The summed E-state index contributed by atoms with van der Waals surface area (Å²) in [5.41, 5.74) is 6.12. The molecular formula is C22H17NO. The summed E-state index contributed by atoms with van der Waals surface area (Å²) in [6, 6.07) is 23.9. The van der Waals surface area contributed by atoms with Crippen molar-refractivity contribution in [3.63, 3.8) is 0 Å². The van der Waals surface area contributed by atoms with Gasteiger partial charge < -0.3 is 5.11 Å². The Labute approximate surface area is 141 Å². The third-order valence-corrected chi connectivity index (χ3v) is 4.36. The topological polar surface area (TPSA) is 33.1 Å². The van der Waals surface area contributed by atoms with Crippen molar-refractivity contribution >= 4 is 10.9 Å². The fourth-order valence-corrected chi connectivity index (χ4v) is 3.23. The predicted molar refractivity (Wildman–Crippen MR) is 99.0 cm³/mol. The summed E-state index contributed by atoms with van der Waals surface area (Å²) in [6.07, 6.45) is 1.86. The number of aromatic nitrogens is 1. The summed E-state index contributed by atoms with van der Waals surface area (Å²) in [7, 11) is 0. The predicted octanol–water partition coefficient (Wildman–Crippen LogP) is 5.58. The van der Waals surface area contributed by atoms with E-state index < -0.39 is 0 Å². The van der Waals surface area contributed by atoms with Crippen LogP contribution in [0.4, 0.5) is 0 Å². The van der Waals surface area contributed by atoms with E-state index in [1.54, 1.807) is 6.07 Å². The molecule has 0 aliphatic heterocycles. The van der Waals surface area contributed by atoms with E-state index in [1.807, 2.05) is 54.7 Å². The van der Waals surface area contributed by atoms with Crippen LogP contribution >= 0.6 is 0 Å². The molecule has 0 spiro atoms. The quantitative estimate of drug-likeness (QED) is 0.524. The maximum Gasteiger partial charge on any atom is 0.123 e. The van der Waals surface area contributed by atoms with E-state index in [0.717, 1.165) is 33.2 Å². The smallest absolute Gasteiger partial charge is 0.123 e. The van der Waals surface area contributed by atoms with Gasteiger partial charge in [0, 0.05) is 28.3 Å². The molecule has 1 N–H and O–H groups in total. The van der Waals surface area contributed by atoms with Crippen LogP contribution in [0.15, 0.2) is 79.0 Å². The normalized spacial score (nSPS) is 10.9. The SMILES string of the molecule is Cc1cccc2ncc(-c3ccccc3O)c(-c3ccccc3)c12. The van der Waals surface area contributed by atoms with Crippen molar-refractivity contribution < 1.29 is 5.11 Å². The van der Waals surface area contributed by atoms with Crippen LogP contribution in [0.3, 0.4) is 0 Å². The highest BCUT2D eigenvalue weighted by Crippen LogP contribution is 2.41. The van der Waals surface area contributed by atoms with Crippen molar-refractivity contribution in [3.05, 3.63) is 84.6 Å². The molecule has 0 aliphatic carbocycles. The molecule has 4 aromatic rings. The van der Waals surface area contributed by atoms with Crippen LogP contribution in [0.1, 0.15) is 5.56 Å². The molecular weight excluding hydrogens is 294 g/mol. The Morgan fingerprint density at radius 2 is 1.50 bits per heavy atom. The second kappa shape index (κ2) is 5.82. The molecule has 0 bridgehead atoms. The van der Waals surface area contributed by atoms with Gasteiger partial charge in [-0.05, 0) is 30.2 Å². The Morgan fingerprint density at radius 1 is 0.750 bits per heavy atom. The fraction of sp³-hybridized carbons (Fsp3) is 0.0455. The van der Waals surface area contributed by atoms with Gasteiger partial charge in [-0.15, -0.1) is 0 Å². The molecule has 0 saturated heterocycles. The molecule has 1 aromatic heterocycles. The van der Waals surface area contributed by atoms with E-state index in [9.17, 15) is 5.11 Å². The van der Waals surface area contributed by atoms with Crippen molar-refractivity contribution in [2.24, 2.45) is 0 Å². The molecule has 2 heteroatoms. The van der Waals surface area contributed by atoms with Gasteiger partial charge in [-0.3, -0.25) is 4.98 Å². The number of pyridine rings is 1. The number of para-hydroxylation sites is 1. The highest BCUT2D eigenvalue weighted by Gasteiger charge is 2.16. The second-order valence-electron chi connectivity index (χ2n) is 5.90. The minimum Gasteiger partial charge on any atom is -0.507 e. The molecule has 0 amide bonds. The second-order valence-corrected chi connectivity index (χ2v) is 5.90. The monoisotopic (exact) mass is 311 g/mol. The number of nitrogens with zero attached hydrogens (tertiary/aromatic N) is 1. The number of aryl methyl sites for hydroxylation is 1. The third kappa shape index (κ3) is 2.33. The molecule has 3 aromatic carbocycles. The molecule has 0 atom stereocenters. The number of phenols is 1. The lowest BCUT2D eigenvalue weighted by atomic mass is 9.90. The molecule has 24 heavy (non-hydrogen) atoms. The maximum atomic E-state index is 10.3. The van der Waals surface area contributed by atoms with Crippen LogP contribution in [0.2, 0.25) is 0 Å². The zero-order chi connectivity index (χ0) is 16.5. The summed E-state index contributed by atoms with van der Waals surface area (Å²) >= 11 is 0. The average Bonchev–Trinajstić information content (AvgIpc) is 2.62. The van der Waals surface area contributed by atoms with Crippen LogP contribution in [0.25, 0.3) is 33.2 Å². The fourth-order valence-electron chi connectivity index (χ4n) is 3.23. The summed E-state index contributed by atoms with van der Waals surface area (Å²) in [4.78, 5) is 4.63. The number of fused-ring (bicyclic) bond motifs is 1. The Hall–Kier alpha value is -3.13. The maximum absolute atomic E-state index is 10.3. The minimum atomic E-state index is 0.268. The van der Waals surface area contributed by atoms with Crippen molar-refractivity contribution in [1.82, 2.24) is 4.98 Å². The van der Waals surface area contributed by atoms with E-state index in [1.165, 1.54) is 5.56 Å². The first kappa shape index (κ1) is 14.5. The first-order valence-electron chi connectivity index (χ1n) is 7.98. The summed E-state index contributed by atoms with van der Waals surface area (Å²) < 4.78 is 0. The molecule has 0 radical (unpaired) electrons. The standard InChI is InChI=1S/C22H17NO/c1-15-8-7-12-19-21(15)22(16-9-3-2-4-10-16)18(14-23-19)17-11-5-6-13-20(17)24/h2-14,24H,1H3. The van der Waals surface area contributed by atoms with Gasteiger partial charge >= 0.3 is 0 Å². The molecule has 0 saturated carbocycles. The lowest BCUT2D eigenvalue weighted by molar-refractivity contribution is 0.477. The van der Waals surface area contributed by atoms with Gasteiger partial charge in [-0.1, -0.05) is 60.7 Å². The van der Waals surface area contributed by atoms with Gasteiger partial charge in [0.25, 0.3) is 0 Å². The van der Waals surface area contributed by atoms with Gasteiger partial charge in [0.15, 0.2) is 0 Å². The Morgan fingerprint density at radius 3 is 2.29 bits per heavy atom. The number of hydrogen-bond donors (Lipinski definition) is 1. The first-order chi connectivity index (χ1) is 11.8. The molecule has 4 rings (SSSR count). The largest absolute Gasteiger partial charge is 0.507 e. The molecule has 116 valence electrons. The van der Waals surface area contributed by atoms with E-state index in [0.29, 0.717) is 0 Å². The van der Waals surface area contributed by atoms with E-state index in [2.05, 4.69) is 30.1 Å². The molecule has 0 aliphatic rings. The Kier molecular flexibility index (Phi) is 3.51. The van der Waals surface area contributed by atoms with Gasteiger partial charge in [0.1, 0.15) is 5.75 Å². The van der Waals surface area contributed by atoms with Crippen molar-refractivity contribution in [3.8, 4) is 28.0 Å². The highest BCUT2D eigenvalue weighted by molar-refractivity contribution is 6.04. The highest BCUT2D eigenvalue weighted by atomic mass is 16.3. The molecule has 0 unspecified atom stereocenters. The zero-order valence-electron chi connectivity index (χ0n) is 13.4. The van der Waals surface area contributed by atoms with E-state index >= 15 is 0 Å². The van der Waals surface area contributed by atoms with Gasteiger partial charge in [-0.25, -0.2) is 0 Å². The van der Waals surface area contributed by atoms with Gasteiger partial charge in [0.2, 0.25) is 0 Å². The Bertz CT molecular complexity index is 1020. The van der Waals surface area contributed by atoms with Crippen molar-refractivity contribution in [2.45, 2.75) is 6.92 Å². The Balaban J connectivity index is 2.16. The van der Waals surface area contributed by atoms with E-state index in [4.69, 9.17) is 0 Å². The van der Waals surface area contributed by atoms with Gasteiger partial charge in [-0.2, -0.15) is 0 Å². The lowest BCUT2D eigenvalue weighted by Gasteiger charge is -2.15. The van der Waals surface area contributed by atoms with Crippen molar-refractivity contribution in [2.75, 3.05) is 0 Å². The average molecular weight is 311 g/mol. The number of rotatable bonds is 2. The summed E-state index contributed by atoms with van der Waals surface area (Å²) in [5.74, 6) is 0.268. The lowest BCUT2D eigenvalue weighted by Crippen LogP contribution is -1.92. The van der Waals surface area contributed by atoms with Crippen molar-refractivity contribution in [1.29, 1.82) is 0 Å². The van der Waals surface area contributed by atoms with Gasteiger partial charge in [0.05, 0.1) is 5.52 Å². The minimum absolute atomic E-state index is 0.268. The first-order valence-corrected chi connectivity index (χ1v) is 7.98. The van der Waals surface area contributed by atoms with Crippen LogP contribution < -0.4 is 0 Å². The van der Waals surface area contributed by atoms with Crippen LogP contribution in [0.5, 0.6) is 5.75 Å². The molecule has 2 nitrogen and oxygen atoms in total. The number of hydrogen-bond acceptors (Lipinski definition) is 2. The number of benzene rings is 3. The third-order valence-electron chi connectivity index (χ3n) is 4.36. The zero-order valence-corrected chi connectivity index (χ0v) is 13.4. The van der Waals surface area contributed by atoms with E-state index in [-0.39, 0.29) is 5.75 Å². The molecule has 0 fully saturated rings. The summed E-state index contributed by atoms with van der Waals surface area (Å²) in [5, 5.41) is 11.5. The number of aromatic hydroxyl groups is 1.